The van der Waals surface area contributed by atoms with Gasteiger partial charge in [0.05, 0.1) is 10.2 Å². The number of rotatable bonds is 3. The predicted molar refractivity (Wildman–Crippen MR) is 107 cm³/mol. The minimum absolute atomic E-state index is 0.144. The summed E-state index contributed by atoms with van der Waals surface area (Å²) in [5, 5.41) is 0. The summed E-state index contributed by atoms with van der Waals surface area (Å²) in [6.07, 6.45) is 0. The van der Waals surface area contributed by atoms with E-state index in [0.717, 1.165) is 17.4 Å². The maximum Gasteiger partial charge on any atom is 0.279 e. The van der Waals surface area contributed by atoms with Gasteiger partial charge in [-0.15, -0.1) is 0 Å². The normalized spacial score (nSPS) is 11.8. The number of benzene rings is 3. The summed E-state index contributed by atoms with van der Waals surface area (Å²) in [5.74, 6) is -2.08. The van der Waals surface area contributed by atoms with Gasteiger partial charge in [-0.1, -0.05) is 53.8 Å². The molecule has 0 aliphatic rings. The molecular formula is C22H14F2N2O2S. The Labute approximate surface area is 168 Å². The van der Waals surface area contributed by atoms with Gasteiger partial charge in [0.2, 0.25) is 0 Å². The Morgan fingerprint density at radius 3 is 2.21 bits per heavy atom. The molecule has 0 spiro atoms. The Hall–Kier alpha value is -3.45. The highest BCUT2D eigenvalue weighted by Crippen LogP contribution is 2.21. The standard InChI is InChI=1S/C22H14F2N2O2S/c1-26-19-17(24)11-16(23)12-18(19)29-22(26)25-21(28)15-9-7-14(8-10-15)20(27)13-5-3-2-4-6-13/h2-12H,1H3. The predicted octanol–water partition coefficient (Wildman–Crippen LogP) is 4.49. The first-order chi connectivity index (χ1) is 13.9. The number of aryl methyl sites for hydroxylation is 1. The third kappa shape index (κ3) is 3.64. The van der Waals surface area contributed by atoms with Gasteiger partial charge >= 0.3 is 0 Å². The van der Waals surface area contributed by atoms with Gasteiger partial charge in [0.15, 0.2) is 16.4 Å². The van der Waals surface area contributed by atoms with Crippen LogP contribution in [0.25, 0.3) is 10.2 Å². The van der Waals surface area contributed by atoms with Crippen molar-refractivity contribution in [2.24, 2.45) is 12.0 Å². The lowest BCUT2D eigenvalue weighted by Gasteiger charge is -2.02. The zero-order valence-electron chi connectivity index (χ0n) is 15.2. The van der Waals surface area contributed by atoms with Crippen LogP contribution < -0.4 is 4.80 Å². The molecule has 0 N–H and O–H groups in total. The molecule has 4 rings (SSSR count). The van der Waals surface area contributed by atoms with Crippen LogP contribution in [0.15, 0.2) is 71.7 Å². The summed E-state index contributed by atoms with van der Waals surface area (Å²) in [7, 11) is 1.56. The number of thiazole rings is 1. The smallest absolute Gasteiger partial charge is 0.279 e. The van der Waals surface area contributed by atoms with Crippen molar-refractivity contribution in [3.05, 3.63) is 99.9 Å². The van der Waals surface area contributed by atoms with E-state index in [1.54, 1.807) is 43.4 Å². The zero-order chi connectivity index (χ0) is 20.5. The van der Waals surface area contributed by atoms with Gasteiger partial charge in [0, 0.05) is 29.8 Å². The average Bonchev–Trinajstić information content (AvgIpc) is 3.03. The molecule has 0 atom stereocenters. The van der Waals surface area contributed by atoms with Gasteiger partial charge in [-0.2, -0.15) is 4.99 Å². The van der Waals surface area contributed by atoms with Crippen LogP contribution in [0.2, 0.25) is 0 Å². The maximum absolute atomic E-state index is 14.0. The van der Waals surface area contributed by atoms with E-state index < -0.39 is 17.5 Å². The summed E-state index contributed by atoms with van der Waals surface area (Å²) >= 11 is 1.02. The molecule has 0 aliphatic carbocycles. The van der Waals surface area contributed by atoms with Crippen LogP contribution in [0.3, 0.4) is 0 Å². The Morgan fingerprint density at radius 2 is 1.52 bits per heavy atom. The minimum atomic E-state index is -0.712. The molecule has 29 heavy (non-hydrogen) atoms. The van der Waals surface area contributed by atoms with E-state index in [9.17, 15) is 18.4 Å². The van der Waals surface area contributed by atoms with Crippen molar-refractivity contribution in [2.45, 2.75) is 0 Å². The molecule has 1 aromatic heterocycles. The van der Waals surface area contributed by atoms with E-state index in [0.29, 0.717) is 21.4 Å². The molecule has 0 aliphatic heterocycles. The van der Waals surface area contributed by atoms with Crippen LogP contribution in [-0.4, -0.2) is 16.3 Å². The average molecular weight is 408 g/mol. The number of hydrogen-bond donors (Lipinski definition) is 0. The second kappa shape index (κ2) is 7.52. The number of ketones is 1. The molecule has 4 nitrogen and oxygen atoms in total. The third-order valence-electron chi connectivity index (χ3n) is 4.44. The second-order valence-electron chi connectivity index (χ2n) is 6.37. The van der Waals surface area contributed by atoms with Crippen LogP contribution in [0, 0.1) is 11.6 Å². The molecule has 0 fully saturated rings. The summed E-state index contributed by atoms with van der Waals surface area (Å²) in [5.41, 5.74) is 1.49. The lowest BCUT2D eigenvalue weighted by atomic mass is 10.0. The van der Waals surface area contributed by atoms with Crippen LogP contribution in [0.1, 0.15) is 26.3 Å². The molecule has 7 heteroatoms. The fraction of sp³-hybridized carbons (Fsp3) is 0.0455. The largest absolute Gasteiger partial charge is 0.317 e. The van der Waals surface area contributed by atoms with Crippen molar-refractivity contribution in [3.63, 3.8) is 0 Å². The number of amides is 1. The lowest BCUT2D eigenvalue weighted by Crippen LogP contribution is -2.14. The topological polar surface area (TPSA) is 51.4 Å². The van der Waals surface area contributed by atoms with Crippen molar-refractivity contribution in [1.82, 2.24) is 4.57 Å². The number of aromatic nitrogens is 1. The van der Waals surface area contributed by atoms with Gasteiger partial charge in [-0.3, -0.25) is 9.59 Å². The van der Waals surface area contributed by atoms with Crippen LogP contribution >= 0.6 is 11.3 Å². The summed E-state index contributed by atoms with van der Waals surface area (Å²) in [6.45, 7) is 0. The highest BCUT2D eigenvalue weighted by Gasteiger charge is 2.13. The molecule has 0 radical (unpaired) electrons. The molecule has 4 aromatic rings. The van der Waals surface area contributed by atoms with E-state index in [2.05, 4.69) is 4.99 Å². The summed E-state index contributed by atoms with van der Waals surface area (Å²) in [4.78, 5) is 29.3. The van der Waals surface area contributed by atoms with Crippen LogP contribution in [0.5, 0.6) is 0 Å². The van der Waals surface area contributed by atoms with E-state index in [4.69, 9.17) is 0 Å². The molecule has 0 saturated carbocycles. The van der Waals surface area contributed by atoms with E-state index >= 15 is 0 Å². The van der Waals surface area contributed by atoms with Gasteiger partial charge in [0.1, 0.15) is 5.82 Å². The second-order valence-corrected chi connectivity index (χ2v) is 7.38. The first-order valence-electron chi connectivity index (χ1n) is 8.67. The SMILES string of the molecule is Cn1c(=NC(=O)c2ccc(C(=O)c3ccccc3)cc2)sc2cc(F)cc(F)c21. The molecule has 0 unspecified atom stereocenters. The molecular weight excluding hydrogens is 394 g/mol. The lowest BCUT2D eigenvalue weighted by molar-refractivity contribution is 0.0994. The Morgan fingerprint density at radius 1 is 0.897 bits per heavy atom. The van der Waals surface area contributed by atoms with Crippen LogP contribution in [-0.2, 0) is 7.05 Å². The van der Waals surface area contributed by atoms with Crippen molar-refractivity contribution in [3.8, 4) is 0 Å². The van der Waals surface area contributed by atoms with Crippen molar-refractivity contribution in [2.75, 3.05) is 0 Å². The third-order valence-corrected chi connectivity index (χ3v) is 5.52. The van der Waals surface area contributed by atoms with Crippen molar-refractivity contribution >= 4 is 33.2 Å². The maximum atomic E-state index is 14.0. The first-order valence-corrected chi connectivity index (χ1v) is 9.49. The van der Waals surface area contributed by atoms with Gasteiger partial charge in [-0.25, -0.2) is 8.78 Å². The zero-order valence-corrected chi connectivity index (χ0v) is 16.0. The first kappa shape index (κ1) is 18.9. The fourth-order valence-corrected chi connectivity index (χ4v) is 4.03. The molecule has 0 bridgehead atoms. The number of carbonyl (C=O) groups excluding carboxylic acids is 2. The van der Waals surface area contributed by atoms with E-state index in [1.165, 1.54) is 22.8 Å². The quantitative estimate of drug-likeness (QED) is 0.469. The van der Waals surface area contributed by atoms with Crippen molar-refractivity contribution < 1.29 is 18.4 Å². The molecule has 3 aromatic carbocycles. The molecule has 144 valence electrons. The number of nitrogens with zero attached hydrogens (tertiary/aromatic N) is 2. The van der Waals surface area contributed by atoms with Gasteiger partial charge < -0.3 is 4.57 Å². The van der Waals surface area contributed by atoms with E-state index in [1.807, 2.05) is 6.07 Å². The minimum Gasteiger partial charge on any atom is -0.317 e. The van der Waals surface area contributed by atoms with Crippen LogP contribution in [0.4, 0.5) is 8.78 Å². The highest BCUT2D eigenvalue weighted by atomic mass is 32.1. The number of hydrogen-bond acceptors (Lipinski definition) is 3. The Kier molecular flexibility index (Phi) is 4.90. The number of carbonyl (C=O) groups is 2. The highest BCUT2D eigenvalue weighted by molar-refractivity contribution is 7.16. The van der Waals surface area contributed by atoms with Gasteiger partial charge in [-0.05, 0) is 18.2 Å². The monoisotopic (exact) mass is 408 g/mol. The Balaban J connectivity index is 1.65. The molecule has 1 heterocycles. The fourth-order valence-electron chi connectivity index (χ4n) is 2.98. The Bertz CT molecular complexity index is 1310. The summed E-state index contributed by atoms with van der Waals surface area (Å²) in [6, 6.07) is 17.0. The molecule has 1 amide bonds. The summed E-state index contributed by atoms with van der Waals surface area (Å²) < 4.78 is 29.2. The number of halogens is 2. The molecule has 0 saturated heterocycles. The van der Waals surface area contributed by atoms with E-state index in [-0.39, 0.29) is 16.1 Å². The van der Waals surface area contributed by atoms with Gasteiger partial charge in [0.25, 0.3) is 5.91 Å². The van der Waals surface area contributed by atoms with Crippen molar-refractivity contribution in [1.29, 1.82) is 0 Å². The number of fused-ring (bicyclic) bond motifs is 1.